The first-order valence-electron chi connectivity index (χ1n) is 11.5. The van der Waals surface area contributed by atoms with Crippen LogP contribution in [0, 0.1) is 5.92 Å². The minimum Gasteiger partial charge on any atom is -0.475 e. The first-order chi connectivity index (χ1) is 17.8. The SMILES string of the molecule is O=C(O)C(F)(F)F.O=C(O)C(F)(F)F.c1cncc(-c2ccc3c(C4CCCN4CC4CC4)ncn3c2)c1. The van der Waals surface area contributed by atoms with Crippen molar-refractivity contribution in [3.63, 3.8) is 0 Å². The minimum absolute atomic E-state index is 0.500. The second-order valence-corrected chi connectivity index (χ2v) is 8.78. The van der Waals surface area contributed by atoms with Crippen LogP contribution in [0.4, 0.5) is 26.3 Å². The highest BCUT2D eigenvalue weighted by Crippen LogP contribution is 2.38. The third-order valence-electron chi connectivity index (χ3n) is 5.91. The maximum absolute atomic E-state index is 10.6. The van der Waals surface area contributed by atoms with Gasteiger partial charge in [0.15, 0.2) is 0 Å². The smallest absolute Gasteiger partial charge is 0.475 e. The molecule has 2 fully saturated rings. The molecule has 2 aliphatic rings. The zero-order chi connectivity index (χ0) is 28.1. The number of imidazole rings is 1. The molecule has 0 bridgehead atoms. The summed E-state index contributed by atoms with van der Waals surface area (Å²) in [6.45, 7) is 2.49. The molecule has 38 heavy (non-hydrogen) atoms. The van der Waals surface area contributed by atoms with E-state index in [1.165, 1.54) is 55.5 Å². The molecular formula is C24H24F6N4O4. The van der Waals surface area contributed by atoms with Gasteiger partial charge in [-0.3, -0.25) is 9.88 Å². The highest BCUT2D eigenvalue weighted by atomic mass is 19.4. The number of nitrogens with zero attached hydrogens (tertiary/aromatic N) is 4. The molecule has 0 spiro atoms. The summed E-state index contributed by atoms with van der Waals surface area (Å²) in [6, 6.07) is 8.99. The van der Waals surface area contributed by atoms with E-state index in [0.29, 0.717) is 6.04 Å². The van der Waals surface area contributed by atoms with Crippen LogP contribution in [0.3, 0.4) is 0 Å². The molecule has 14 heteroatoms. The van der Waals surface area contributed by atoms with Gasteiger partial charge in [-0.15, -0.1) is 0 Å². The molecule has 0 aromatic carbocycles. The number of aliphatic carboxylic acids is 2. The molecule has 5 rings (SSSR count). The average molecular weight is 546 g/mol. The summed E-state index contributed by atoms with van der Waals surface area (Å²) < 4.78 is 65.6. The van der Waals surface area contributed by atoms with Crippen molar-refractivity contribution in [2.24, 2.45) is 5.92 Å². The van der Waals surface area contributed by atoms with Crippen LogP contribution in [-0.2, 0) is 9.59 Å². The standard InChI is InChI=1S/C20H22N4.2C2HF3O2/c1-3-16(11-21-9-1)17-7-8-19-20(22-14-24(19)13-17)18-4-2-10-23(18)12-15-5-6-15;2*3-2(4,5)1(6)7/h1,3,7-9,11,13-15,18H,2,4-6,10,12H2;2*(H,6,7). The lowest BCUT2D eigenvalue weighted by Gasteiger charge is -2.23. The third kappa shape index (κ3) is 7.91. The lowest BCUT2D eigenvalue weighted by molar-refractivity contribution is -0.193. The van der Waals surface area contributed by atoms with Crippen LogP contribution in [0.15, 0.2) is 49.2 Å². The number of aromatic nitrogens is 3. The van der Waals surface area contributed by atoms with Gasteiger partial charge in [0.25, 0.3) is 0 Å². The first kappa shape index (κ1) is 28.9. The molecule has 1 aliphatic heterocycles. The van der Waals surface area contributed by atoms with Crippen LogP contribution in [0.1, 0.15) is 37.4 Å². The average Bonchev–Trinajstić information content (AvgIpc) is 3.38. The topological polar surface area (TPSA) is 108 Å². The summed E-state index contributed by atoms with van der Waals surface area (Å²) in [5.41, 5.74) is 4.83. The number of carboxylic acid groups (broad SMARTS) is 2. The molecule has 206 valence electrons. The number of carbonyl (C=O) groups is 2. The van der Waals surface area contributed by atoms with Gasteiger partial charge >= 0.3 is 24.3 Å². The van der Waals surface area contributed by atoms with Crippen molar-refractivity contribution in [2.75, 3.05) is 13.1 Å². The quantitative estimate of drug-likeness (QED) is 0.433. The van der Waals surface area contributed by atoms with Gasteiger partial charge in [-0.1, -0.05) is 12.1 Å². The lowest BCUT2D eigenvalue weighted by atomic mass is 10.1. The van der Waals surface area contributed by atoms with Crippen LogP contribution in [0.2, 0.25) is 0 Å². The maximum atomic E-state index is 10.6. The highest BCUT2D eigenvalue weighted by molar-refractivity contribution is 5.73. The zero-order valence-electron chi connectivity index (χ0n) is 19.8. The van der Waals surface area contributed by atoms with E-state index >= 15 is 0 Å². The Bertz CT molecular complexity index is 1220. The van der Waals surface area contributed by atoms with Crippen LogP contribution in [0.25, 0.3) is 16.6 Å². The van der Waals surface area contributed by atoms with E-state index in [9.17, 15) is 26.3 Å². The molecule has 4 heterocycles. The number of rotatable bonds is 4. The number of halogens is 6. The fourth-order valence-electron chi connectivity index (χ4n) is 3.97. The Kier molecular flexibility index (Phi) is 8.97. The molecule has 1 atom stereocenters. The Morgan fingerprint density at radius 2 is 1.58 bits per heavy atom. The molecule has 1 saturated heterocycles. The Morgan fingerprint density at radius 1 is 0.947 bits per heavy atom. The summed E-state index contributed by atoms with van der Waals surface area (Å²) in [5, 5.41) is 14.2. The Hall–Kier alpha value is -3.68. The van der Waals surface area contributed by atoms with Crippen LogP contribution < -0.4 is 0 Å². The summed E-state index contributed by atoms with van der Waals surface area (Å²) in [5.74, 6) is -4.57. The van der Waals surface area contributed by atoms with Gasteiger partial charge in [-0.25, -0.2) is 14.6 Å². The molecule has 2 N–H and O–H groups in total. The van der Waals surface area contributed by atoms with E-state index in [-0.39, 0.29) is 0 Å². The Balaban J connectivity index is 0.000000239. The van der Waals surface area contributed by atoms with E-state index in [1.54, 1.807) is 0 Å². The Labute approximate surface area is 212 Å². The lowest BCUT2D eigenvalue weighted by Crippen LogP contribution is -2.25. The predicted molar refractivity (Wildman–Crippen MR) is 122 cm³/mol. The number of fused-ring (bicyclic) bond motifs is 1. The van der Waals surface area contributed by atoms with Gasteiger partial charge in [0.05, 0.1) is 23.6 Å². The second kappa shape index (κ2) is 11.8. The predicted octanol–water partition coefficient (Wildman–Crippen LogP) is 5.21. The molecule has 3 aromatic rings. The maximum Gasteiger partial charge on any atom is 0.490 e. The minimum atomic E-state index is -5.08. The molecule has 1 unspecified atom stereocenters. The number of hydrogen-bond acceptors (Lipinski definition) is 5. The summed E-state index contributed by atoms with van der Waals surface area (Å²) >= 11 is 0. The Morgan fingerprint density at radius 3 is 2.11 bits per heavy atom. The third-order valence-corrected chi connectivity index (χ3v) is 5.91. The van der Waals surface area contributed by atoms with Gasteiger partial charge in [-0.2, -0.15) is 26.3 Å². The van der Waals surface area contributed by atoms with Gasteiger partial charge in [0, 0.05) is 30.7 Å². The van der Waals surface area contributed by atoms with Crippen molar-refractivity contribution in [1.82, 2.24) is 19.3 Å². The molecular weight excluding hydrogens is 522 g/mol. The van der Waals surface area contributed by atoms with Gasteiger partial charge < -0.3 is 14.6 Å². The van der Waals surface area contributed by atoms with Gasteiger partial charge in [0.2, 0.25) is 0 Å². The van der Waals surface area contributed by atoms with Crippen molar-refractivity contribution >= 4 is 17.5 Å². The molecule has 8 nitrogen and oxygen atoms in total. The number of alkyl halides is 6. The van der Waals surface area contributed by atoms with E-state index in [1.807, 2.05) is 24.8 Å². The fraction of sp³-hybridized carbons (Fsp3) is 0.417. The summed E-state index contributed by atoms with van der Waals surface area (Å²) in [4.78, 5) is 29.5. The normalized spacial score (nSPS) is 17.8. The van der Waals surface area contributed by atoms with Gasteiger partial charge in [0.1, 0.15) is 0 Å². The van der Waals surface area contributed by atoms with Crippen molar-refractivity contribution in [3.8, 4) is 11.1 Å². The van der Waals surface area contributed by atoms with E-state index in [0.717, 1.165) is 11.5 Å². The second-order valence-electron chi connectivity index (χ2n) is 8.78. The molecule has 1 aliphatic carbocycles. The van der Waals surface area contributed by atoms with Crippen molar-refractivity contribution in [2.45, 2.75) is 44.1 Å². The number of hydrogen-bond donors (Lipinski definition) is 2. The van der Waals surface area contributed by atoms with Crippen LogP contribution in [0.5, 0.6) is 0 Å². The number of pyridine rings is 2. The van der Waals surface area contributed by atoms with Crippen molar-refractivity contribution in [3.05, 3.63) is 54.9 Å². The molecule has 0 amide bonds. The number of carboxylic acids is 2. The first-order valence-corrected chi connectivity index (χ1v) is 11.5. The van der Waals surface area contributed by atoms with Crippen molar-refractivity contribution in [1.29, 1.82) is 0 Å². The molecule has 0 radical (unpaired) electrons. The summed E-state index contributed by atoms with van der Waals surface area (Å²) in [6.07, 6.45) is 3.07. The van der Waals surface area contributed by atoms with Crippen LogP contribution in [-0.4, -0.2) is 66.9 Å². The fourth-order valence-corrected chi connectivity index (χ4v) is 3.97. The number of likely N-dealkylation sites (tertiary alicyclic amines) is 1. The van der Waals surface area contributed by atoms with Gasteiger partial charge in [-0.05, 0) is 55.8 Å². The van der Waals surface area contributed by atoms with E-state index < -0.39 is 24.3 Å². The molecule has 1 saturated carbocycles. The van der Waals surface area contributed by atoms with Crippen LogP contribution >= 0.6 is 0 Å². The zero-order valence-corrected chi connectivity index (χ0v) is 19.8. The summed E-state index contributed by atoms with van der Waals surface area (Å²) in [7, 11) is 0. The highest BCUT2D eigenvalue weighted by Gasteiger charge is 2.39. The largest absolute Gasteiger partial charge is 0.490 e. The molecule has 3 aromatic heterocycles. The van der Waals surface area contributed by atoms with Crippen molar-refractivity contribution < 1.29 is 46.1 Å². The monoisotopic (exact) mass is 546 g/mol. The van der Waals surface area contributed by atoms with E-state index in [2.05, 4.69) is 38.7 Å². The van der Waals surface area contributed by atoms with E-state index in [4.69, 9.17) is 24.8 Å².